The molecule has 0 radical (unpaired) electrons. The first kappa shape index (κ1) is 7.36. The standard InChI is InChI=1S/C8H7NO2S/c1-4-2-5-6(10)3-7(11)9-8(5)12-4/h2-3H,1H3,(H2,9,10,11). The minimum Gasteiger partial charge on any atom is -0.507 e. The molecule has 3 nitrogen and oxygen atoms in total. The molecule has 62 valence electrons. The molecule has 4 heteroatoms. The fraction of sp³-hybridized carbons (Fsp3) is 0.125. The maximum absolute atomic E-state index is 10.9. The van der Waals surface area contributed by atoms with Gasteiger partial charge in [-0.2, -0.15) is 0 Å². The van der Waals surface area contributed by atoms with E-state index in [-0.39, 0.29) is 11.3 Å². The van der Waals surface area contributed by atoms with E-state index in [1.165, 1.54) is 17.4 Å². The molecule has 0 saturated heterocycles. The summed E-state index contributed by atoms with van der Waals surface area (Å²) in [7, 11) is 0. The number of pyridine rings is 1. The molecule has 0 unspecified atom stereocenters. The Hall–Kier alpha value is -1.29. The molecule has 2 aromatic rings. The van der Waals surface area contributed by atoms with Crippen LogP contribution in [0.1, 0.15) is 4.88 Å². The van der Waals surface area contributed by atoms with Crippen molar-refractivity contribution in [3.63, 3.8) is 0 Å². The van der Waals surface area contributed by atoms with Crippen LogP contribution >= 0.6 is 11.3 Å². The monoisotopic (exact) mass is 181 g/mol. The number of aromatic hydroxyl groups is 1. The van der Waals surface area contributed by atoms with Gasteiger partial charge in [0.15, 0.2) is 0 Å². The summed E-state index contributed by atoms with van der Waals surface area (Å²) < 4.78 is 0. The second kappa shape index (κ2) is 2.35. The SMILES string of the molecule is Cc1cc2c(O)cc(=O)[nH]c2s1. The van der Waals surface area contributed by atoms with Gasteiger partial charge in [-0.3, -0.25) is 4.79 Å². The van der Waals surface area contributed by atoms with E-state index in [0.717, 1.165) is 15.1 Å². The van der Waals surface area contributed by atoms with Crippen molar-refractivity contribution in [2.75, 3.05) is 0 Å². The molecule has 0 aliphatic heterocycles. The first-order valence-electron chi connectivity index (χ1n) is 3.49. The lowest BCUT2D eigenvalue weighted by Gasteiger charge is -1.91. The van der Waals surface area contributed by atoms with Crippen LogP contribution in [0.15, 0.2) is 16.9 Å². The van der Waals surface area contributed by atoms with Crippen LogP contribution in [0.4, 0.5) is 0 Å². The predicted molar refractivity (Wildman–Crippen MR) is 48.8 cm³/mol. The van der Waals surface area contributed by atoms with Gasteiger partial charge in [-0.15, -0.1) is 11.3 Å². The molecular formula is C8H7NO2S. The average Bonchev–Trinajstić information content (AvgIpc) is 2.29. The van der Waals surface area contributed by atoms with Crippen molar-refractivity contribution in [1.29, 1.82) is 0 Å². The highest BCUT2D eigenvalue weighted by Gasteiger charge is 2.04. The van der Waals surface area contributed by atoms with Crippen molar-refractivity contribution in [2.45, 2.75) is 6.92 Å². The number of thiophene rings is 1. The van der Waals surface area contributed by atoms with Crippen molar-refractivity contribution in [3.05, 3.63) is 27.4 Å². The molecule has 0 amide bonds. The summed E-state index contributed by atoms with van der Waals surface area (Å²) in [5, 5.41) is 10.1. The summed E-state index contributed by atoms with van der Waals surface area (Å²) in [5.74, 6) is 0.0538. The van der Waals surface area contributed by atoms with Crippen LogP contribution in [0, 0.1) is 6.92 Å². The Balaban J connectivity index is 2.97. The van der Waals surface area contributed by atoms with Crippen LogP contribution in [0.5, 0.6) is 5.75 Å². The van der Waals surface area contributed by atoms with E-state index >= 15 is 0 Å². The highest BCUT2D eigenvalue weighted by atomic mass is 32.1. The quantitative estimate of drug-likeness (QED) is 0.648. The zero-order valence-electron chi connectivity index (χ0n) is 6.42. The van der Waals surface area contributed by atoms with E-state index in [0.29, 0.717) is 0 Å². The van der Waals surface area contributed by atoms with Gasteiger partial charge in [0.1, 0.15) is 10.6 Å². The molecular weight excluding hydrogens is 174 g/mol. The second-order valence-electron chi connectivity index (χ2n) is 2.62. The molecule has 2 N–H and O–H groups in total. The van der Waals surface area contributed by atoms with Gasteiger partial charge < -0.3 is 10.1 Å². The fourth-order valence-electron chi connectivity index (χ4n) is 1.15. The van der Waals surface area contributed by atoms with Crippen LogP contribution in [0.25, 0.3) is 10.2 Å². The third kappa shape index (κ3) is 1.00. The third-order valence-corrected chi connectivity index (χ3v) is 2.60. The molecule has 0 fully saturated rings. The number of aromatic nitrogens is 1. The molecule has 2 heterocycles. The molecule has 0 bridgehead atoms. The van der Waals surface area contributed by atoms with Crippen molar-refractivity contribution >= 4 is 21.6 Å². The van der Waals surface area contributed by atoms with E-state index in [2.05, 4.69) is 4.98 Å². The zero-order chi connectivity index (χ0) is 8.72. The smallest absolute Gasteiger partial charge is 0.252 e. The number of fused-ring (bicyclic) bond motifs is 1. The van der Waals surface area contributed by atoms with Crippen molar-refractivity contribution < 1.29 is 5.11 Å². The first-order chi connectivity index (χ1) is 5.66. The van der Waals surface area contributed by atoms with E-state index in [1.807, 2.05) is 13.0 Å². The summed E-state index contributed by atoms with van der Waals surface area (Å²) in [4.78, 5) is 15.4. The Bertz CT molecular complexity index is 483. The number of hydrogen-bond donors (Lipinski definition) is 2. The molecule has 2 rings (SSSR count). The van der Waals surface area contributed by atoms with Crippen molar-refractivity contribution in [2.24, 2.45) is 0 Å². The highest BCUT2D eigenvalue weighted by molar-refractivity contribution is 7.18. The van der Waals surface area contributed by atoms with Crippen LogP contribution in [0.3, 0.4) is 0 Å². The molecule has 0 aliphatic rings. The van der Waals surface area contributed by atoms with Gasteiger partial charge in [-0.05, 0) is 13.0 Å². The van der Waals surface area contributed by atoms with E-state index in [1.54, 1.807) is 0 Å². The minimum atomic E-state index is -0.262. The van der Waals surface area contributed by atoms with Gasteiger partial charge in [0.25, 0.3) is 5.56 Å². The summed E-state index contributed by atoms with van der Waals surface area (Å²) in [5.41, 5.74) is -0.262. The lowest BCUT2D eigenvalue weighted by Crippen LogP contribution is -2.00. The van der Waals surface area contributed by atoms with Gasteiger partial charge in [-0.1, -0.05) is 0 Å². The number of nitrogens with one attached hydrogen (secondary N) is 1. The second-order valence-corrected chi connectivity index (χ2v) is 3.88. The molecule has 0 atom stereocenters. The Labute approximate surface area is 72.3 Å². The molecule has 0 aromatic carbocycles. The van der Waals surface area contributed by atoms with Gasteiger partial charge in [0.2, 0.25) is 0 Å². The molecule has 2 aromatic heterocycles. The minimum absolute atomic E-state index is 0.0538. The Morgan fingerprint density at radius 3 is 3.00 bits per heavy atom. The van der Waals surface area contributed by atoms with E-state index in [9.17, 15) is 9.90 Å². The van der Waals surface area contributed by atoms with Crippen molar-refractivity contribution in [3.8, 4) is 5.75 Å². The largest absolute Gasteiger partial charge is 0.507 e. The Morgan fingerprint density at radius 2 is 2.25 bits per heavy atom. The third-order valence-electron chi connectivity index (χ3n) is 1.64. The summed E-state index contributed by atoms with van der Waals surface area (Å²) in [6.45, 7) is 1.93. The Morgan fingerprint density at radius 1 is 1.50 bits per heavy atom. The maximum Gasteiger partial charge on any atom is 0.252 e. The van der Waals surface area contributed by atoms with Gasteiger partial charge >= 0.3 is 0 Å². The Kier molecular flexibility index (Phi) is 1.44. The number of rotatable bonds is 0. The van der Waals surface area contributed by atoms with E-state index in [4.69, 9.17) is 0 Å². The maximum atomic E-state index is 10.9. The fourth-order valence-corrected chi connectivity index (χ4v) is 2.07. The summed E-state index contributed by atoms with van der Waals surface area (Å²) in [6, 6.07) is 3.04. The van der Waals surface area contributed by atoms with Crippen LogP contribution in [-0.4, -0.2) is 10.1 Å². The molecule has 0 aliphatic carbocycles. The van der Waals surface area contributed by atoms with E-state index < -0.39 is 0 Å². The number of hydrogen-bond acceptors (Lipinski definition) is 3. The lowest BCUT2D eigenvalue weighted by atomic mass is 10.3. The number of H-pyrrole nitrogens is 1. The highest BCUT2D eigenvalue weighted by Crippen LogP contribution is 2.27. The zero-order valence-corrected chi connectivity index (χ0v) is 7.23. The topological polar surface area (TPSA) is 53.1 Å². The number of aryl methyl sites for hydroxylation is 1. The predicted octanol–water partition coefficient (Wildman–Crippen LogP) is 1.60. The molecule has 0 spiro atoms. The molecule has 12 heavy (non-hydrogen) atoms. The van der Waals surface area contributed by atoms with Gasteiger partial charge in [0.05, 0.1) is 5.39 Å². The normalized spacial score (nSPS) is 10.8. The van der Waals surface area contributed by atoms with Crippen molar-refractivity contribution in [1.82, 2.24) is 4.98 Å². The lowest BCUT2D eigenvalue weighted by molar-refractivity contribution is 0.480. The number of aromatic amines is 1. The van der Waals surface area contributed by atoms with Gasteiger partial charge in [-0.25, -0.2) is 0 Å². The van der Waals surface area contributed by atoms with Crippen LogP contribution in [-0.2, 0) is 0 Å². The van der Waals surface area contributed by atoms with Gasteiger partial charge in [0, 0.05) is 10.9 Å². The van der Waals surface area contributed by atoms with Crippen LogP contribution < -0.4 is 5.56 Å². The molecule has 0 saturated carbocycles. The summed E-state index contributed by atoms with van der Waals surface area (Å²) in [6.07, 6.45) is 0. The van der Waals surface area contributed by atoms with Crippen LogP contribution in [0.2, 0.25) is 0 Å². The average molecular weight is 181 g/mol. The summed E-state index contributed by atoms with van der Waals surface area (Å²) >= 11 is 1.46. The first-order valence-corrected chi connectivity index (χ1v) is 4.31.